The van der Waals surface area contributed by atoms with Crippen molar-refractivity contribution in [2.45, 2.75) is 45.4 Å². The van der Waals surface area contributed by atoms with Crippen LogP contribution in [0, 0.1) is 23.2 Å². The minimum atomic E-state index is -0.249. The van der Waals surface area contributed by atoms with Crippen LogP contribution in [-0.4, -0.2) is 53.8 Å². The summed E-state index contributed by atoms with van der Waals surface area (Å²) in [5.74, 6) is 1.95. The highest BCUT2D eigenvalue weighted by Crippen LogP contribution is 2.60. The number of anilines is 1. The number of likely N-dealkylation sites (N-methyl/N-ethyl adjacent to an activating group) is 1. The Bertz CT molecular complexity index is 865. The Labute approximate surface area is 188 Å². The zero-order valence-electron chi connectivity index (χ0n) is 18.1. The maximum absolute atomic E-state index is 13.6. The van der Waals surface area contributed by atoms with Gasteiger partial charge in [0.1, 0.15) is 13.2 Å². The molecule has 5 aliphatic rings. The molecule has 6 nitrogen and oxygen atoms in total. The fourth-order valence-corrected chi connectivity index (χ4v) is 6.99. The molecule has 3 amide bonds. The third-order valence-electron chi connectivity index (χ3n) is 7.92. The van der Waals surface area contributed by atoms with Gasteiger partial charge in [-0.2, -0.15) is 0 Å². The molecule has 7 heteroatoms. The van der Waals surface area contributed by atoms with Crippen molar-refractivity contribution >= 4 is 35.0 Å². The van der Waals surface area contributed by atoms with Crippen molar-refractivity contribution in [2.75, 3.05) is 31.2 Å². The Kier molecular flexibility index (Phi) is 5.24. The minimum absolute atomic E-state index is 0.0462. The van der Waals surface area contributed by atoms with E-state index in [9.17, 15) is 14.4 Å². The smallest absolute Gasteiger partial charge is 0.248 e. The predicted octanol–water partition coefficient (Wildman–Crippen LogP) is 3.54. The van der Waals surface area contributed by atoms with Gasteiger partial charge in [-0.25, -0.2) is 0 Å². The number of hydrogen-bond donors (Lipinski definition) is 0. The normalized spacial score (nSPS) is 31.4. The molecule has 0 atom stereocenters. The van der Waals surface area contributed by atoms with E-state index in [-0.39, 0.29) is 42.9 Å². The van der Waals surface area contributed by atoms with Crippen molar-refractivity contribution in [3.63, 3.8) is 0 Å². The van der Waals surface area contributed by atoms with E-state index in [0.29, 0.717) is 29.3 Å². The molecule has 1 heterocycles. The Hall–Kier alpha value is -2.08. The van der Waals surface area contributed by atoms with E-state index in [1.54, 1.807) is 39.0 Å². The summed E-state index contributed by atoms with van der Waals surface area (Å²) in [6.45, 7) is 2.78. The zero-order chi connectivity index (χ0) is 21.8. The molecule has 1 saturated heterocycles. The van der Waals surface area contributed by atoms with Gasteiger partial charge in [-0.3, -0.25) is 19.3 Å². The molecule has 1 aromatic rings. The second-order valence-corrected chi connectivity index (χ2v) is 10.5. The van der Waals surface area contributed by atoms with Gasteiger partial charge in [0.05, 0.1) is 12.0 Å². The summed E-state index contributed by atoms with van der Waals surface area (Å²) in [4.78, 5) is 44.1. The first-order chi connectivity index (χ1) is 14.9. The molecule has 0 aromatic heterocycles. The van der Waals surface area contributed by atoms with Crippen LogP contribution in [0.15, 0.2) is 24.3 Å². The maximum atomic E-state index is 13.6. The van der Waals surface area contributed by atoms with Gasteiger partial charge in [-0.1, -0.05) is 11.6 Å². The van der Waals surface area contributed by atoms with Crippen LogP contribution in [0.3, 0.4) is 0 Å². The topological polar surface area (TPSA) is 60.9 Å². The first-order valence-electron chi connectivity index (χ1n) is 11.5. The Morgan fingerprint density at radius 2 is 1.65 bits per heavy atom. The number of rotatable bonds is 5. The average Bonchev–Trinajstić information content (AvgIpc) is 3.13. The van der Waals surface area contributed by atoms with Crippen LogP contribution in [0.2, 0.25) is 5.02 Å². The summed E-state index contributed by atoms with van der Waals surface area (Å²) < 4.78 is 0. The van der Waals surface area contributed by atoms with E-state index in [2.05, 4.69) is 0 Å². The van der Waals surface area contributed by atoms with Crippen molar-refractivity contribution in [3.8, 4) is 0 Å². The van der Waals surface area contributed by atoms with Crippen LogP contribution in [0.25, 0.3) is 0 Å². The first kappa shape index (κ1) is 20.8. The molecule has 31 heavy (non-hydrogen) atoms. The van der Waals surface area contributed by atoms with Crippen molar-refractivity contribution in [2.24, 2.45) is 23.2 Å². The number of halogens is 1. The second kappa shape index (κ2) is 7.80. The highest BCUT2D eigenvalue weighted by Gasteiger charge is 2.55. The van der Waals surface area contributed by atoms with Crippen LogP contribution in [0.4, 0.5) is 5.69 Å². The number of benzene rings is 1. The Morgan fingerprint density at radius 3 is 2.19 bits per heavy atom. The molecular weight excluding hydrogens is 414 g/mol. The van der Waals surface area contributed by atoms with Crippen LogP contribution in [-0.2, 0) is 14.4 Å². The lowest BCUT2D eigenvalue weighted by molar-refractivity contribution is -0.159. The SMILES string of the molecule is CCN(CC(=O)N1CC(=O)N(c2ccc(Cl)cc2)C1)C(=O)C12CC3CC(CC(C3)C1)C2. The number of hydrogen-bond acceptors (Lipinski definition) is 3. The average molecular weight is 444 g/mol. The van der Waals surface area contributed by atoms with E-state index in [1.807, 2.05) is 6.92 Å². The maximum Gasteiger partial charge on any atom is 0.248 e. The lowest BCUT2D eigenvalue weighted by atomic mass is 9.49. The predicted molar refractivity (Wildman–Crippen MR) is 118 cm³/mol. The first-order valence-corrected chi connectivity index (χ1v) is 11.9. The van der Waals surface area contributed by atoms with Gasteiger partial charge in [0, 0.05) is 17.3 Å². The number of nitrogens with zero attached hydrogens (tertiary/aromatic N) is 3. The Morgan fingerprint density at radius 1 is 1.06 bits per heavy atom. The van der Waals surface area contributed by atoms with Gasteiger partial charge >= 0.3 is 0 Å². The molecule has 0 spiro atoms. The summed E-state index contributed by atoms with van der Waals surface area (Å²) in [5.41, 5.74) is 0.475. The van der Waals surface area contributed by atoms with Crippen LogP contribution in [0.1, 0.15) is 45.4 Å². The van der Waals surface area contributed by atoms with Gasteiger partial charge in [0.2, 0.25) is 17.7 Å². The second-order valence-electron chi connectivity index (χ2n) is 10.0. The van der Waals surface area contributed by atoms with Crippen molar-refractivity contribution < 1.29 is 14.4 Å². The minimum Gasteiger partial charge on any atom is -0.333 e. The summed E-state index contributed by atoms with van der Waals surface area (Å²) in [6.07, 6.45) is 6.84. The van der Waals surface area contributed by atoms with Crippen molar-refractivity contribution in [1.29, 1.82) is 0 Å². The molecule has 0 radical (unpaired) electrons. The molecule has 1 aliphatic heterocycles. The highest BCUT2D eigenvalue weighted by molar-refractivity contribution is 6.30. The quantitative estimate of drug-likeness (QED) is 0.699. The fraction of sp³-hybridized carbons (Fsp3) is 0.625. The van der Waals surface area contributed by atoms with E-state index >= 15 is 0 Å². The lowest BCUT2D eigenvalue weighted by Crippen LogP contribution is -2.56. The number of carbonyl (C=O) groups is 3. The monoisotopic (exact) mass is 443 g/mol. The van der Waals surface area contributed by atoms with Gasteiger partial charge in [0.25, 0.3) is 0 Å². The number of amides is 3. The van der Waals surface area contributed by atoms with E-state index in [4.69, 9.17) is 11.6 Å². The molecule has 5 fully saturated rings. The van der Waals surface area contributed by atoms with Gasteiger partial charge in [-0.15, -0.1) is 0 Å². The lowest BCUT2D eigenvalue weighted by Gasteiger charge is -2.56. The Balaban J connectivity index is 1.25. The van der Waals surface area contributed by atoms with Crippen molar-refractivity contribution in [3.05, 3.63) is 29.3 Å². The standard InChI is InChI=1S/C24H30ClN3O3/c1-2-26(23(31)24-10-16-7-17(11-24)9-18(8-16)12-24)13-21(29)27-14-22(30)28(15-27)20-5-3-19(25)4-6-20/h3-6,16-18H,2,7-15H2,1H3. The molecule has 0 N–H and O–H groups in total. The third-order valence-corrected chi connectivity index (χ3v) is 8.17. The van der Waals surface area contributed by atoms with E-state index in [1.165, 1.54) is 19.3 Å². The molecule has 6 rings (SSSR count). The molecule has 166 valence electrons. The molecule has 1 aromatic carbocycles. The van der Waals surface area contributed by atoms with Crippen molar-refractivity contribution in [1.82, 2.24) is 9.80 Å². The van der Waals surface area contributed by atoms with Crippen LogP contribution in [0.5, 0.6) is 0 Å². The molecule has 4 saturated carbocycles. The van der Waals surface area contributed by atoms with E-state index in [0.717, 1.165) is 24.9 Å². The third kappa shape index (κ3) is 3.73. The summed E-state index contributed by atoms with van der Waals surface area (Å²) in [7, 11) is 0. The summed E-state index contributed by atoms with van der Waals surface area (Å²) in [5, 5.41) is 0.602. The summed E-state index contributed by atoms with van der Waals surface area (Å²) in [6, 6.07) is 7.03. The van der Waals surface area contributed by atoms with Gasteiger partial charge in [0.15, 0.2) is 0 Å². The van der Waals surface area contributed by atoms with E-state index < -0.39 is 0 Å². The largest absolute Gasteiger partial charge is 0.333 e. The molecular formula is C24H30ClN3O3. The molecule has 0 unspecified atom stereocenters. The van der Waals surface area contributed by atoms with Gasteiger partial charge < -0.3 is 9.80 Å². The van der Waals surface area contributed by atoms with Crippen LogP contribution < -0.4 is 4.90 Å². The van der Waals surface area contributed by atoms with Gasteiger partial charge in [-0.05, 0) is 87.5 Å². The zero-order valence-corrected chi connectivity index (χ0v) is 18.8. The van der Waals surface area contributed by atoms with Crippen LogP contribution >= 0.6 is 11.6 Å². The molecule has 4 bridgehead atoms. The number of carbonyl (C=O) groups excluding carboxylic acids is 3. The highest BCUT2D eigenvalue weighted by atomic mass is 35.5. The fourth-order valence-electron chi connectivity index (χ4n) is 6.86. The molecule has 4 aliphatic carbocycles. The summed E-state index contributed by atoms with van der Waals surface area (Å²) >= 11 is 5.94.